The number of carbonyl (C=O) groups is 1. The van der Waals surface area contributed by atoms with E-state index in [9.17, 15) is 4.79 Å². The third-order valence-corrected chi connectivity index (χ3v) is 3.63. The molecular weight excluding hydrogens is 298 g/mol. The molecule has 5 heteroatoms. The lowest BCUT2D eigenvalue weighted by Gasteiger charge is -2.18. The first kappa shape index (κ1) is 16.6. The van der Waals surface area contributed by atoms with Gasteiger partial charge in [-0.2, -0.15) is 5.10 Å². The van der Waals surface area contributed by atoms with Crippen molar-refractivity contribution in [1.29, 1.82) is 0 Å². The Labute approximate surface area is 136 Å². The molecule has 2 N–H and O–H groups in total. The highest BCUT2D eigenvalue weighted by atomic mass is 35.5. The van der Waals surface area contributed by atoms with Crippen molar-refractivity contribution in [3.8, 4) is 11.3 Å². The maximum Gasteiger partial charge on any atom is 0.229 e. The van der Waals surface area contributed by atoms with Gasteiger partial charge in [0.25, 0.3) is 0 Å². The molecule has 1 aromatic carbocycles. The van der Waals surface area contributed by atoms with E-state index in [2.05, 4.69) is 22.4 Å². The molecule has 0 radical (unpaired) electrons. The first-order valence-corrected chi connectivity index (χ1v) is 7.85. The van der Waals surface area contributed by atoms with E-state index >= 15 is 0 Å². The molecule has 0 fully saturated rings. The van der Waals surface area contributed by atoms with Crippen LogP contribution in [0.3, 0.4) is 0 Å². The molecule has 1 amide bonds. The standard InChI is InChI=1S/C17H22ClN3O/c1-5-6-13-15(19-16(22)17(2,3)4)14(21-20-13)11-7-9-12(18)10-8-11/h7-10H,5-6H2,1-4H3,(H,19,22)(H,20,21). The fourth-order valence-electron chi connectivity index (χ4n) is 2.06. The largest absolute Gasteiger partial charge is 0.322 e. The van der Waals surface area contributed by atoms with E-state index in [-0.39, 0.29) is 5.91 Å². The highest BCUT2D eigenvalue weighted by Crippen LogP contribution is 2.31. The van der Waals surface area contributed by atoms with Gasteiger partial charge in [0.05, 0.1) is 11.4 Å². The molecule has 2 aromatic rings. The van der Waals surface area contributed by atoms with E-state index in [1.54, 1.807) is 0 Å². The van der Waals surface area contributed by atoms with Crippen LogP contribution < -0.4 is 5.32 Å². The summed E-state index contributed by atoms with van der Waals surface area (Å²) in [6.07, 6.45) is 1.81. The van der Waals surface area contributed by atoms with E-state index in [0.717, 1.165) is 35.5 Å². The van der Waals surface area contributed by atoms with Crippen molar-refractivity contribution in [2.75, 3.05) is 5.32 Å². The summed E-state index contributed by atoms with van der Waals surface area (Å²) in [5.41, 5.74) is 2.93. The number of amides is 1. The number of nitrogens with zero attached hydrogens (tertiary/aromatic N) is 1. The van der Waals surface area contributed by atoms with Gasteiger partial charge in [0.15, 0.2) is 0 Å². The molecule has 2 rings (SSSR count). The first-order valence-electron chi connectivity index (χ1n) is 7.47. The first-order chi connectivity index (χ1) is 10.3. The van der Waals surface area contributed by atoms with E-state index in [4.69, 9.17) is 11.6 Å². The van der Waals surface area contributed by atoms with E-state index in [1.807, 2.05) is 45.0 Å². The number of hydrogen-bond acceptors (Lipinski definition) is 2. The Morgan fingerprint density at radius 3 is 2.45 bits per heavy atom. The summed E-state index contributed by atoms with van der Waals surface area (Å²) in [4.78, 5) is 12.4. The zero-order valence-electron chi connectivity index (χ0n) is 13.5. The molecule has 0 unspecified atom stereocenters. The van der Waals surface area contributed by atoms with Gasteiger partial charge in [0.2, 0.25) is 5.91 Å². The number of halogens is 1. The van der Waals surface area contributed by atoms with Gasteiger partial charge in [-0.1, -0.05) is 57.8 Å². The smallest absolute Gasteiger partial charge is 0.229 e. The van der Waals surface area contributed by atoms with Gasteiger partial charge in [-0.05, 0) is 18.6 Å². The van der Waals surface area contributed by atoms with Crippen LogP contribution in [0.5, 0.6) is 0 Å². The Morgan fingerprint density at radius 1 is 1.27 bits per heavy atom. The average molecular weight is 320 g/mol. The maximum absolute atomic E-state index is 12.4. The number of nitrogens with one attached hydrogen (secondary N) is 2. The quantitative estimate of drug-likeness (QED) is 0.860. The number of carbonyl (C=O) groups excluding carboxylic acids is 1. The number of aromatic amines is 1. The Kier molecular flexibility index (Phi) is 4.91. The van der Waals surface area contributed by atoms with Crippen LogP contribution in [0.1, 0.15) is 39.8 Å². The third kappa shape index (κ3) is 3.69. The van der Waals surface area contributed by atoms with Crippen LogP contribution in [0, 0.1) is 5.41 Å². The van der Waals surface area contributed by atoms with Gasteiger partial charge >= 0.3 is 0 Å². The van der Waals surface area contributed by atoms with Gasteiger partial charge in [-0.15, -0.1) is 0 Å². The summed E-state index contributed by atoms with van der Waals surface area (Å²) < 4.78 is 0. The lowest BCUT2D eigenvalue weighted by atomic mass is 9.95. The Morgan fingerprint density at radius 2 is 1.91 bits per heavy atom. The van der Waals surface area contributed by atoms with Gasteiger partial charge < -0.3 is 5.32 Å². The molecule has 0 atom stereocenters. The predicted octanol–water partition coefficient (Wildman–Crippen LogP) is 4.67. The molecule has 1 aromatic heterocycles. The van der Waals surface area contributed by atoms with Crippen molar-refractivity contribution in [2.45, 2.75) is 40.5 Å². The van der Waals surface area contributed by atoms with Crippen LogP contribution in [0.4, 0.5) is 5.69 Å². The number of hydrogen-bond donors (Lipinski definition) is 2. The second kappa shape index (κ2) is 6.53. The normalized spacial score (nSPS) is 11.5. The average Bonchev–Trinajstić information content (AvgIpc) is 2.82. The topological polar surface area (TPSA) is 57.8 Å². The molecule has 0 bridgehead atoms. The molecule has 1 heterocycles. The molecular formula is C17H22ClN3O. The SMILES string of the molecule is CCCc1[nH]nc(-c2ccc(Cl)cc2)c1NC(=O)C(C)(C)C. The van der Waals surface area contributed by atoms with Gasteiger partial charge in [-0.25, -0.2) is 0 Å². The second-order valence-electron chi connectivity index (χ2n) is 6.39. The van der Waals surface area contributed by atoms with E-state index < -0.39 is 5.41 Å². The number of aryl methyl sites for hydroxylation is 1. The lowest BCUT2D eigenvalue weighted by molar-refractivity contribution is -0.123. The van der Waals surface area contributed by atoms with Crippen LogP contribution >= 0.6 is 11.6 Å². The Hall–Kier alpha value is -1.81. The number of anilines is 1. The van der Waals surface area contributed by atoms with Crippen molar-refractivity contribution in [3.63, 3.8) is 0 Å². The van der Waals surface area contributed by atoms with Crippen LogP contribution in [-0.2, 0) is 11.2 Å². The summed E-state index contributed by atoms with van der Waals surface area (Å²) in [6, 6.07) is 7.45. The number of rotatable bonds is 4. The number of benzene rings is 1. The van der Waals surface area contributed by atoms with E-state index in [0.29, 0.717) is 5.02 Å². The highest BCUT2D eigenvalue weighted by Gasteiger charge is 2.24. The Bertz CT molecular complexity index is 654. The third-order valence-electron chi connectivity index (χ3n) is 3.38. The minimum absolute atomic E-state index is 0.0264. The molecule has 22 heavy (non-hydrogen) atoms. The highest BCUT2D eigenvalue weighted by molar-refractivity contribution is 6.30. The van der Waals surface area contributed by atoms with Crippen molar-refractivity contribution >= 4 is 23.2 Å². The number of aromatic nitrogens is 2. The Balaban J connectivity index is 2.42. The van der Waals surface area contributed by atoms with Crippen molar-refractivity contribution in [2.24, 2.45) is 5.41 Å². The fraction of sp³-hybridized carbons (Fsp3) is 0.412. The van der Waals surface area contributed by atoms with Crippen molar-refractivity contribution < 1.29 is 4.79 Å². The fourth-order valence-corrected chi connectivity index (χ4v) is 2.19. The molecule has 118 valence electrons. The summed E-state index contributed by atoms with van der Waals surface area (Å²) in [7, 11) is 0. The second-order valence-corrected chi connectivity index (χ2v) is 6.82. The molecule has 0 saturated heterocycles. The van der Waals surface area contributed by atoms with Crippen molar-refractivity contribution in [3.05, 3.63) is 35.0 Å². The molecule has 0 aliphatic heterocycles. The number of H-pyrrole nitrogens is 1. The van der Waals surface area contributed by atoms with Gasteiger partial charge in [0, 0.05) is 16.0 Å². The molecule has 0 spiro atoms. The minimum Gasteiger partial charge on any atom is -0.322 e. The summed E-state index contributed by atoms with van der Waals surface area (Å²) in [5, 5.41) is 11.1. The zero-order chi connectivity index (χ0) is 16.3. The minimum atomic E-state index is -0.460. The summed E-state index contributed by atoms with van der Waals surface area (Å²) >= 11 is 5.94. The van der Waals surface area contributed by atoms with Gasteiger partial charge in [0.1, 0.15) is 5.69 Å². The monoisotopic (exact) mass is 319 g/mol. The van der Waals surface area contributed by atoms with Crippen LogP contribution in [0.15, 0.2) is 24.3 Å². The van der Waals surface area contributed by atoms with Crippen LogP contribution in [0.2, 0.25) is 5.02 Å². The summed E-state index contributed by atoms with van der Waals surface area (Å²) in [5.74, 6) is -0.0264. The van der Waals surface area contributed by atoms with Crippen molar-refractivity contribution in [1.82, 2.24) is 10.2 Å². The predicted molar refractivity (Wildman–Crippen MR) is 91.1 cm³/mol. The van der Waals surface area contributed by atoms with E-state index in [1.165, 1.54) is 0 Å². The molecule has 0 saturated carbocycles. The maximum atomic E-state index is 12.4. The lowest BCUT2D eigenvalue weighted by Crippen LogP contribution is -2.28. The van der Waals surface area contributed by atoms with Crippen LogP contribution in [-0.4, -0.2) is 16.1 Å². The zero-order valence-corrected chi connectivity index (χ0v) is 14.2. The van der Waals surface area contributed by atoms with Crippen LogP contribution in [0.25, 0.3) is 11.3 Å². The molecule has 0 aliphatic rings. The van der Waals surface area contributed by atoms with Gasteiger partial charge in [-0.3, -0.25) is 9.89 Å². The molecule has 0 aliphatic carbocycles. The summed E-state index contributed by atoms with van der Waals surface area (Å²) in [6.45, 7) is 7.77. The molecule has 4 nitrogen and oxygen atoms in total.